The van der Waals surface area contributed by atoms with Gasteiger partial charge in [0.25, 0.3) is 0 Å². The van der Waals surface area contributed by atoms with Crippen LogP contribution in [-0.4, -0.2) is 33.9 Å². The van der Waals surface area contributed by atoms with Gasteiger partial charge < -0.3 is 14.9 Å². The molecule has 0 aliphatic heterocycles. The van der Waals surface area contributed by atoms with Crippen molar-refractivity contribution in [2.45, 2.75) is 137 Å². The van der Waals surface area contributed by atoms with E-state index in [9.17, 15) is 14.7 Å². The molecular formula is C31H52O5. The monoisotopic (exact) mass is 504 g/mol. The molecule has 7 atom stereocenters. The molecule has 36 heavy (non-hydrogen) atoms. The highest BCUT2D eigenvalue weighted by molar-refractivity contribution is 5.76. The number of carbonyl (C=O) groups is 2. The van der Waals surface area contributed by atoms with Crippen molar-refractivity contribution in [2.75, 3.05) is 0 Å². The molecule has 0 spiro atoms. The van der Waals surface area contributed by atoms with Gasteiger partial charge in [0.1, 0.15) is 5.60 Å². The van der Waals surface area contributed by atoms with E-state index in [-0.39, 0.29) is 18.9 Å². The molecule has 0 saturated heterocycles. The predicted octanol–water partition coefficient (Wildman–Crippen LogP) is 7.31. The summed E-state index contributed by atoms with van der Waals surface area (Å²) in [5.74, 6) is 1.74. The molecule has 3 fully saturated rings. The van der Waals surface area contributed by atoms with Crippen molar-refractivity contribution in [1.29, 1.82) is 0 Å². The van der Waals surface area contributed by atoms with Crippen molar-refractivity contribution < 1.29 is 24.5 Å². The summed E-state index contributed by atoms with van der Waals surface area (Å²) >= 11 is 0. The van der Waals surface area contributed by atoms with Gasteiger partial charge in [-0.05, 0) is 119 Å². The Balaban J connectivity index is 0.00000176. The Bertz CT molecular complexity index is 816. The number of esters is 1. The topological polar surface area (TPSA) is 83.8 Å². The summed E-state index contributed by atoms with van der Waals surface area (Å²) in [5, 5.41) is 19.0. The second-order valence-corrected chi connectivity index (χ2v) is 13.0. The molecule has 0 heterocycles. The number of aliphatic hydroxyl groups is 1. The molecule has 0 bridgehead atoms. The van der Waals surface area contributed by atoms with Crippen LogP contribution in [0.25, 0.3) is 0 Å². The largest absolute Gasteiger partial charge is 0.481 e. The van der Waals surface area contributed by atoms with E-state index >= 15 is 0 Å². The maximum absolute atomic E-state index is 12.0. The summed E-state index contributed by atoms with van der Waals surface area (Å²) in [7, 11) is 0. The highest BCUT2D eigenvalue weighted by Crippen LogP contribution is 2.66. The van der Waals surface area contributed by atoms with Crippen molar-refractivity contribution in [1.82, 2.24) is 0 Å². The molecule has 0 radical (unpaired) electrons. The standard InChI is InChI=1S/C29H46O5.C2H6/c1-27(2,34-26(33)12-11-25(31)32)15-5-6-19-8-10-23-22-9-7-20-18-21(30)13-16-29(20,4)24(22)14-17-28(19,23)3;1-2/h7,19,21-24,30H,5-6,8-18H2,1-4H3,(H,31,32);1-2H3. The van der Waals surface area contributed by atoms with Gasteiger partial charge >= 0.3 is 11.9 Å². The van der Waals surface area contributed by atoms with E-state index in [2.05, 4.69) is 19.9 Å². The first-order valence-corrected chi connectivity index (χ1v) is 14.8. The van der Waals surface area contributed by atoms with Gasteiger partial charge in [0.2, 0.25) is 0 Å². The van der Waals surface area contributed by atoms with Gasteiger partial charge in [-0.3, -0.25) is 9.59 Å². The third-order valence-electron chi connectivity index (χ3n) is 10.5. The third kappa shape index (κ3) is 6.03. The number of ether oxygens (including phenoxy) is 1. The van der Waals surface area contributed by atoms with Crippen LogP contribution in [0.2, 0.25) is 0 Å². The number of fused-ring (bicyclic) bond motifs is 5. The average Bonchev–Trinajstić information content (AvgIpc) is 3.15. The SMILES string of the molecule is CC.CC(C)(CCCC1CCC2C3CC=C4CC(O)CCC4(C)C3CCC12C)OC(=O)CCC(=O)O. The first-order chi connectivity index (χ1) is 16.9. The zero-order chi connectivity index (χ0) is 26.7. The molecule has 4 rings (SSSR count). The molecule has 5 nitrogen and oxygen atoms in total. The van der Waals surface area contributed by atoms with E-state index in [1.807, 2.05) is 27.7 Å². The van der Waals surface area contributed by atoms with E-state index in [1.165, 1.54) is 38.5 Å². The first kappa shape index (κ1) is 29.2. The molecule has 0 amide bonds. The lowest BCUT2D eigenvalue weighted by Crippen LogP contribution is -2.50. The normalized spacial score (nSPS) is 37.4. The second-order valence-electron chi connectivity index (χ2n) is 13.0. The summed E-state index contributed by atoms with van der Waals surface area (Å²) in [4.78, 5) is 22.7. The van der Waals surface area contributed by atoms with Crippen LogP contribution in [0.4, 0.5) is 0 Å². The number of carboxylic acids is 1. The Morgan fingerprint density at radius 1 is 1.06 bits per heavy atom. The molecule has 0 aromatic carbocycles. The molecule has 0 aromatic rings. The van der Waals surface area contributed by atoms with Gasteiger partial charge in [0.15, 0.2) is 0 Å². The van der Waals surface area contributed by atoms with Crippen molar-refractivity contribution in [2.24, 2.45) is 34.5 Å². The second kappa shape index (κ2) is 11.6. The lowest BCUT2D eigenvalue weighted by molar-refractivity contribution is -0.159. The number of carboxylic acid groups (broad SMARTS) is 1. The minimum Gasteiger partial charge on any atom is -0.481 e. The number of carbonyl (C=O) groups excluding carboxylic acids is 1. The summed E-state index contributed by atoms with van der Waals surface area (Å²) in [6.45, 7) is 13.0. The van der Waals surface area contributed by atoms with Crippen LogP contribution < -0.4 is 0 Å². The fourth-order valence-electron chi connectivity index (χ4n) is 8.62. The summed E-state index contributed by atoms with van der Waals surface area (Å²) in [5.41, 5.74) is 1.72. The van der Waals surface area contributed by atoms with E-state index in [0.29, 0.717) is 10.8 Å². The maximum Gasteiger partial charge on any atom is 0.306 e. The molecule has 2 N–H and O–H groups in total. The van der Waals surface area contributed by atoms with Gasteiger partial charge in [-0.15, -0.1) is 0 Å². The summed E-state index contributed by atoms with van der Waals surface area (Å²) < 4.78 is 5.60. The van der Waals surface area contributed by atoms with Gasteiger partial charge in [0, 0.05) is 0 Å². The summed E-state index contributed by atoms with van der Waals surface area (Å²) in [6.07, 6.45) is 14.7. The van der Waals surface area contributed by atoms with Crippen LogP contribution >= 0.6 is 0 Å². The van der Waals surface area contributed by atoms with Crippen molar-refractivity contribution in [3.63, 3.8) is 0 Å². The number of aliphatic carboxylic acids is 1. The fraction of sp³-hybridized carbons (Fsp3) is 0.871. The number of aliphatic hydroxyl groups excluding tert-OH is 1. The quantitative estimate of drug-likeness (QED) is 0.267. The molecule has 4 aliphatic carbocycles. The minimum atomic E-state index is -0.965. The molecule has 4 aliphatic rings. The molecule has 3 saturated carbocycles. The van der Waals surface area contributed by atoms with Crippen molar-refractivity contribution in [3.8, 4) is 0 Å². The Labute approximate surface area is 219 Å². The predicted molar refractivity (Wildman–Crippen MR) is 143 cm³/mol. The lowest BCUT2D eigenvalue weighted by atomic mass is 9.47. The highest BCUT2D eigenvalue weighted by atomic mass is 16.6. The Kier molecular flexibility index (Phi) is 9.39. The lowest BCUT2D eigenvalue weighted by Gasteiger charge is -2.58. The summed E-state index contributed by atoms with van der Waals surface area (Å²) in [6, 6.07) is 0. The molecule has 5 heteroatoms. The van der Waals surface area contributed by atoms with Gasteiger partial charge in [-0.25, -0.2) is 0 Å². The molecule has 7 unspecified atom stereocenters. The van der Waals surface area contributed by atoms with Crippen LogP contribution in [0.1, 0.15) is 125 Å². The van der Waals surface area contributed by atoms with Crippen LogP contribution in [0.15, 0.2) is 11.6 Å². The zero-order valence-electron chi connectivity index (χ0n) is 23.8. The number of hydrogen-bond acceptors (Lipinski definition) is 4. The molecule has 0 aromatic heterocycles. The first-order valence-electron chi connectivity index (χ1n) is 14.8. The minimum absolute atomic E-state index is 0.0578. The average molecular weight is 505 g/mol. The van der Waals surface area contributed by atoms with Crippen LogP contribution in [-0.2, 0) is 14.3 Å². The number of hydrogen-bond donors (Lipinski definition) is 2. The Morgan fingerprint density at radius 3 is 2.47 bits per heavy atom. The van der Waals surface area contributed by atoms with E-state index in [4.69, 9.17) is 9.84 Å². The third-order valence-corrected chi connectivity index (χ3v) is 10.5. The Hall–Kier alpha value is -1.36. The van der Waals surface area contributed by atoms with E-state index in [0.717, 1.165) is 55.8 Å². The maximum atomic E-state index is 12.0. The van der Waals surface area contributed by atoms with Gasteiger partial charge in [-0.2, -0.15) is 0 Å². The highest BCUT2D eigenvalue weighted by Gasteiger charge is 2.58. The van der Waals surface area contributed by atoms with Crippen LogP contribution in [0.5, 0.6) is 0 Å². The van der Waals surface area contributed by atoms with Crippen molar-refractivity contribution >= 4 is 11.9 Å². The van der Waals surface area contributed by atoms with Crippen molar-refractivity contribution in [3.05, 3.63) is 11.6 Å². The smallest absolute Gasteiger partial charge is 0.306 e. The van der Waals surface area contributed by atoms with Gasteiger partial charge in [-0.1, -0.05) is 39.3 Å². The van der Waals surface area contributed by atoms with Crippen LogP contribution in [0, 0.1) is 34.5 Å². The molecule has 206 valence electrons. The fourth-order valence-corrected chi connectivity index (χ4v) is 8.62. The van der Waals surface area contributed by atoms with E-state index < -0.39 is 17.5 Å². The Morgan fingerprint density at radius 2 is 1.78 bits per heavy atom. The van der Waals surface area contributed by atoms with Gasteiger partial charge in [0.05, 0.1) is 18.9 Å². The van der Waals surface area contributed by atoms with Crippen LogP contribution in [0.3, 0.4) is 0 Å². The van der Waals surface area contributed by atoms with E-state index in [1.54, 1.807) is 5.57 Å². The number of rotatable bonds is 8. The zero-order valence-corrected chi connectivity index (χ0v) is 23.8. The number of allylic oxidation sites excluding steroid dienone is 1. The molecular weight excluding hydrogens is 452 g/mol.